The van der Waals surface area contributed by atoms with Crippen LogP contribution in [0.25, 0.3) is 10.1 Å². The average molecular weight is 394 g/mol. The lowest BCUT2D eigenvalue weighted by atomic mass is 10.1. The number of carboxylic acid groups (broad SMARTS) is 1. The van der Waals surface area contributed by atoms with Gasteiger partial charge in [-0.25, -0.2) is 4.79 Å². The summed E-state index contributed by atoms with van der Waals surface area (Å²) in [5, 5.41) is 13.5. The molecule has 128 valence electrons. The number of fused-ring (bicyclic) bond motifs is 1. The van der Waals surface area contributed by atoms with Crippen molar-refractivity contribution in [1.29, 1.82) is 0 Å². The van der Waals surface area contributed by atoms with E-state index in [1.165, 1.54) is 11.3 Å². The predicted molar refractivity (Wildman–Crippen MR) is 101 cm³/mol. The van der Waals surface area contributed by atoms with Crippen molar-refractivity contribution in [2.45, 2.75) is 12.5 Å². The maximum absolute atomic E-state index is 12.5. The van der Waals surface area contributed by atoms with E-state index < -0.39 is 17.9 Å². The van der Waals surface area contributed by atoms with Gasteiger partial charge in [0.15, 0.2) is 0 Å². The van der Waals surface area contributed by atoms with Gasteiger partial charge in [0, 0.05) is 21.5 Å². The zero-order valence-corrected chi connectivity index (χ0v) is 15.2. The van der Waals surface area contributed by atoms with E-state index >= 15 is 0 Å². The van der Waals surface area contributed by atoms with Crippen molar-refractivity contribution in [3.05, 3.63) is 69.0 Å². The summed E-state index contributed by atoms with van der Waals surface area (Å²) in [6.07, 6.45) is 0.191. The first-order chi connectivity index (χ1) is 12.0. The number of aliphatic carboxylic acids is 1. The first-order valence-electron chi connectivity index (χ1n) is 7.41. The van der Waals surface area contributed by atoms with Crippen molar-refractivity contribution in [2.75, 3.05) is 0 Å². The van der Waals surface area contributed by atoms with Gasteiger partial charge in [0.05, 0.1) is 5.02 Å². The predicted octanol–water partition coefficient (Wildman–Crippen LogP) is 4.63. The zero-order chi connectivity index (χ0) is 18.0. The number of carboxylic acids is 1. The third-order valence-electron chi connectivity index (χ3n) is 3.68. The summed E-state index contributed by atoms with van der Waals surface area (Å²) in [5.74, 6) is -1.61. The lowest BCUT2D eigenvalue weighted by Crippen LogP contribution is -2.42. The highest BCUT2D eigenvalue weighted by atomic mass is 35.5. The number of hydrogen-bond donors (Lipinski definition) is 2. The largest absolute Gasteiger partial charge is 0.480 e. The molecule has 4 nitrogen and oxygen atoms in total. The van der Waals surface area contributed by atoms with Gasteiger partial charge in [-0.1, -0.05) is 59.6 Å². The van der Waals surface area contributed by atoms with Gasteiger partial charge in [-0.15, -0.1) is 11.3 Å². The molecular weight excluding hydrogens is 381 g/mol. The van der Waals surface area contributed by atoms with Gasteiger partial charge in [-0.2, -0.15) is 0 Å². The summed E-state index contributed by atoms with van der Waals surface area (Å²) in [5.41, 5.74) is 0.824. The van der Waals surface area contributed by atoms with Crippen LogP contribution in [0.1, 0.15) is 15.2 Å². The molecule has 2 aromatic carbocycles. The number of thiophene rings is 1. The molecule has 7 heteroatoms. The molecule has 0 saturated carbocycles. The normalized spacial score (nSPS) is 12.1. The molecule has 1 amide bonds. The maximum Gasteiger partial charge on any atom is 0.326 e. The third-order valence-corrected chi connectivity index (χ3v) is 5.57. The molecule has 1 atom stereocenters. The summed E-state index contributed by atoms with van der Waals surface area (Å²) in [7, 11) is 0. The third kappa shape index (κ3) is 3.95. The molecule has 0 bridgehead atoms. The molecule has 1 heterocycles. The van der Waals surface area contributed by atoms with Crippen LogP contribution < -0.4 is 5.32 Å². The first kappa shape index (κ1) is 17.7. The maximum atomic E-state index is 12.5. The number of amides is 1. The highest BCUT2D eigenvalue weighted by Gasteiger charge is 2.24. The van der Waals surface area contributed by atoms with Crippen molar-refractivity contribution in [1.82, 2.24) is 5.32 Å². The molecule has 25 heavy (non-hydrogen) atoms. The molecular formula is C18H13Cl2NO3S. The van der Waals surface area contributed by atoms with Crippen LogP contribution >= 0.6 is 34.5 Å². The second-order valence-electron chi connectivity index (χ2n) is 5.44. The Bertz CT molecular complexity index is 940. The van der Waals surface area contributed by atoms with E-state index in [9.17, 15) is 14.7 Å². The lowest BCUT2D eigenvalue weighted by molar-refractivity contribution is -0.139. The molecule has 0 radical (unpaired) electrons. The summed E-state index contributed by atoms with van der Waals surface area (Å²) >= 11 is 13.4. The minimum atomic E-state index is -1.10. The van der Waals surface area contributed by atoms with Gasteiger partial charge >= 0.3 is 5.97 Å². The lowest BCUT2D eigenvalue weighted by Gasteiger charge is -2.14. The Labute approximate surface area is 158 Å². The van der Waals surface area contributed by atoms with Crippen LogP contribution in [-0.4, -0.2) is 23.0 Å². The van der Waals surface area contributed by atoms with Crippen molar-refractivity contribution in [3.8, 4) is 0 Å². The van der Waals surface area contributed by atoms with Gasteiger partial charge in [0.25, 0.3) is 5.91 Å². The van der Waals surface area contributed by atoms with Crippen molar-refractivity contribution < 1.29 is 14.7 Å². The Kier molecular flexibility index (Phi) is 5.27. The van der Waals surface area contributed by atoms with Gasteiger partial charge in [-0.05, 0) is 17.7 Å². The van der Waals surface area contributed by atoms with Crippen LogP contribution in [0, 0.1) is 0 Å². The summed E-state index contributed by atoms with van der Waals surface area (Å²) in [4.78, 5) is 24.3. The minimum Gasteiger partial charge on any atom is -0.480 e. The molecule has 0 unspecified atom stereocenters. The van der Waals surface area contributed by atoms with Crippen molar-refractivity contribution in [3.63, 3.8) is 0 Å². The van der Waals surface area contributed by atoms with Gasteiger partial charge in [0.1, 0.15) is 10.9 Å². The highest BCUT2D eigenvalue weighted by molar-refractivity contribution is 7.21. The van der Waals surface area contributed by atoms with E-state index in [-0.39, 0.29) is 11.3 Å². The number of rotatable bonds is 5. The number of hydrogen-bond acceptors (Lipinski definition) is 3. The fourth-order valence-electron chi connectivity index (χ4n) is 2.46. The Morgan fingerprint density at radius 3 is 2.52 bits per heavy atom. The van der Waals surface area contributed by atoms with Crippen molar-refractivity contribution in [2.24, 2.45) is 0 Å². The van der Waals surface area contributed by atoms with Crippen LogP contribution in [0.15, 0.2) is 48.5 Å². The number of benzene rings is 2. The number of nitrogens with one attached hydrogen (secondary N) is 1. The fourth-order valence-corrected chi connectivity index (χ4v) is 4.15. The minimum absolute atomic E-state index is 0.191. The Morgan fingerprint density at radius 2 is 1.84 bits per heavy atom. The van der Waals surface area contributed by atoms with Crippen LogP contribution in [0.4, 0.5) is 0 Å². The number of carbonyl (C=O) groups excluding carboxylic acids is 1. The monoisotopic (exact) mass is 393 g/mol. The summed E-state index contributed by atoms with van der Waals surface area (Å²) < 4.78 is 0.776. The van der Waals surface area contributed by atoms with E-state index in [0.29, 0.717) is 10.0 Å². The second-order valence-corrected chi connectivity index (χ2v) is 7.31. The summed E-state index contributed by atoms with van der Waals surface area (Å²) in [6, 6.07) is 13.2. The second kappa shape index (κ2) is 7.44. The van der Waals surface area contributed by atoms with Gasteiger partial charge in [0.2, 0.25) is 0 Å². The van der Waals surface area contributed by atoms with E-state index in [1.807, 2.05) is 30.3 Å². The first-order valence-corrected chi connectivity index (χ1v) is 8.98. The molecule has 0 aliphatic carbocycles. The topological polar surface area (TPSA) is 66.4 Å². The van der Waals surface area contributed by atoms with Gasteiger partial charge in [-0.3, -0.25) is 4.79 Å². The Hall–Kier alpha value is -2.08. The smallest absolute Gasteiger partial charge is 0.326 e. The molecule has 3 rings (SSSR count). The fraction of sp³-hybridized carbons (Fsp3) is 0.111. The Morgan fingerprint density at radius 1 is 1.12 bits per heavy atom. The summed E-state index contributed by atoms with van der Waals surface area (Å²) in [6.45, 7) is 0. The average Bonchev–Trinajstić information content (AvgIpc) is 2.91. The molecule has 1 aromatic heterocycles. The molecule has 0 saturated heterocycles. The molecule has 2 N–H and O–H groups in total. The molecule has 3 aromatic rings. The molecule has 0 fully saturated rings. The highest BCUT2D eigenvalue weighted by Crippen LogP contribution is 2.36. The van der Waals surface area contributed by atoms with Crippen LogP contribution in [0.3, 0.4) is 0 Å². The van der Waals surface area contributed by atoms with E-state index in [0.717, 1.165) is 15.6 Å². The van der Waals surface area contributed by atoms with E-state index in [2.05, 4.69) is 5.32 Å². The SMILES string of the molecule is O=C(N[C@@H](Cc1ccccc1)C(=O)O)c1sc2cc(Cl)ccc2c1Cl. The number of carbonyl (C=O) groups is 2. The zero-order valence-electron chi connectivity index (χ0n) is 12.8. The molecule has 0 spiro atoms. The van der Waals surface area contributed by atoms with Crippen molar-refractivity contribution >= 4 is 56.5 Å². The van der Waals surface area contributed by atoms with Gasteiger partial charge < -0.3 is 10.4 Å². The van der Waals surface area contributed by atoms with Crippen LogP contribution in [0.2, 0.25) is 10.0 Å². The number of halogens is 2. The molecule has 0 aliphatic heterocycles. The van der Waals surface area contributed by atoms with E-state index in [1.54, 1.807) is 18.2 Å². The Balaban J connectivity index is 1.84. The standard InChI is InChI=1S/C18H13Cl2NO3S/c19-11-6-7-12-14(9-11)25-16(15(12)20)17(22)21-13(18(23)24)8-10-4-2-1-3-5-10/h1-7,9,13H,8H2,(H,21,22)(H,23,24)/t13-/m0/s1. The molecule has 0 aliphatic rings. The quantitative estimate of drug-likeness (QED) is 0.663. The van der Waals surface area contributed by atoms with Crippen LogP contribution in [0.5, 0.6) is 0 Å². The van der Waals surface area contributed by atoms with E-state index in [4.69, 9.17) is 23.2 Å². The van der Waals surface area contributed by atoms with Crippen LogP contribution in [-0.2, 0) is 11.2 Å².